The molecular formula is C31H40N8O. The van der Waals surface area contributed by atoms with E-state index in [0.717, 1.165) is 72.2 Å². The van der Waals surface area contributed by atoms with Gasteiger partial charge in [0.1, 0.15) is 29.3 Å². The van der Waals surface area contributed by atoms with E-state index in [1.807, 2.05) is 30.3 Å². The fourth-order valence-electron chi connectivity index (χ4n) is 6.95. The summed E-state index contributed by atoms with van der Waals surface area (Å²) in [5, 5.41) is 9.50. The number of nitrogen functional groups attached to an aromatic ring is 1. The summed E-state index contributed by atoms with van der Waals surface area (Å²) in [4.78, 5) is 14.5. The molecule has 1 aliphatic carbocycles. The van der Waals surface area contributed by atoms with Crippen LogP contribution in [-0.2, 0) is 0 Å². The third-order valence-corrected chi connectivity index (χ3v) is 9.41. The van der Waals surface area contributed by atoms with Crippen LogP contribution in [0.5, 0.6) is 5.75 Å². The van der Waals surface area contributed by atoms with Gasteiger partial charge in [0, 0.05) is 57.8 Å². The predicted molar refractivity (Wildman–Crippen MR) is 158 cm³/mol. The Bertz CT molecular complexity index is 1400. The highest BCUT2D eigenvalue weighted by atomic mass is 16.5. The molecule has 4 aliphatic rings. The molecule has 9 nitrogen and oxygen atoms in total. The number of piperidine rings is 2. The van der Waals surface area contributed by atoms with Gasteiger partial charge in [0.25, 0.3) is 0 Å². The molecule has 5 heterocycles. The Balaban J connectivity index is 1.08. The molecular weight excluding hydrogens is 500 g/mol. The van der Waals surface area contributed by atoms with Crippen molar-refractivity contribution in [1.82, 2.24) is 34.9 Å². The Morgan fingerprint density at radius 1 is 0.875 bits per heavy atom. The van der Waals surface area contributed by atoms with Crippen molar-refractivity contribution in [2.24, 2.45) is 5.92 Å². The molecule has 0 saturated carbocycles. The third kappa shape index (κ3) is 4.91. The average molecular weight is 541 g/mol. The minimum atomic E-state index is 0.235. The largest absolute Gasteiger partial charge is 0.462 e. The highest BCUT2D eigenvalue weighted by Gasteiger charge is 2.34. The van der Waals surface area contributed by atoms with Crippen molar-refractivity contribution >= 4 is 22.4 Å². The zero-order valence-corrected chi connectivity index (χ0v) is 23.4. The molecule has 0 bridgehead atoms. The maximum absolute atomic E-state index is 6.46. The second kappa shape index (κ2) is 11.0. The van der Waals surface area contributed by atoms with Crippen LogP contribution in [0, 0.1) is 5.92 Å². The molecule has 3 saturated heterocycles. The first kappa shape index (κ1) is 25.7. The van der Waals surface area contributed by atoms with Gasteiger partial charge in [-0.15, -0.1) is 0 Å². The van der Waals surface area contributed by atoms with Crippen molar-refractivity contribution < 1.29 is 4.74 Å². The van der Waals surface area contributed by atoms with E-state index in [4.69, 9.17) is 20.6 Å². The lowest BCUT2D eigenvalue weighted by molar-refractivity contribution is 0.0495. The minimum Gasteiger partial charge on any atom is -0.462 e. The smallest absolute Gasteiger partial charge is 0.164 e. The summed E-state index contributed by atoms with van der Waals surface area (Å²) in [6, 6.07) is 11.7. The predicted octanol–water partition coefficient (Wildman–Crippen LogP) is 3.87. The number of para-hydroxylation sites is 1. The van der Waals surface area contributed by atoms with Gasteiger partial charge >= 0.3 is 0 Å². The van der Waals surface area contributed by atoms with Crippen LogP contribution in [0.25, 0.3) is 16.6 Å². The van der Waals surface area contributed by atoms with Gasteiger partial charge in [-0.25, -0.2) is 14.6 Å². The summed E-state index contributed by atoms with van der Waals surface area (Å²) in [5.41, 5.74) is 9.39. The first-order chi connectivity index (χ1) is 19.6. The van der Waals surface area contributed by atoms with Crippen LogP contribution in [0.15, 0.2) is 54.6 Å². The number of hydrogen-bond donors (Lipinski definition) is 2. The normalized spacial score (nSPS) is 24.1. The molecule has 0 amide bonds. The molecule has 1 atom stereocenters. The minimum absolute atomic E-state index is 0.235. The monoisotopic (exact) mass is 540 g/mol. The van der Waals surface area contributed by atoms with E-state index >= 15 is 0 Å². The quantitative estimate of drug-likeness (QED) is 0.487. The van der Waals surface area contributed by atoms with E-state index in [-0.39, 0.29) is 5.92 Å². The van der Waals surface area contributed by atoms with Gasteiger partial charge < -0.3 is 20.7 Å². The fourth-order valence-corrected chi connectivity index (χ4v) is 6.95. The number of ether oxygens (including phenoxy) is 1. The van der Waals surface area contributed by atoms with E-state index in [1.54, 1.807) is 6.33 Å². The first-order valence-electron chi connectivity index (χ1n) is 15.0. The number of allylic oxidation sites excluding steroid dienone is 4. The van der Waals surface area contributed by atoms with Crippen LogP contribution in [0.2, 0.25) is 0 Å². The number of rotatable bonds is 6. The van der Waals surface area contributed by atoms with E-state index in [2.05, 4.69) is 43.9 Å². The molecule has 2 aromatic heterocycles. The lowest BCUT2D eigenvalue weighted by Gasteiger charge is -2.45. The van der Waals surface area contributed by atoms with Crippen molar-refractivity contribution in [2.75, 3.05) is 45.0 Å². The number of nitrogens with one attached hydrogen (secondary N) is 1. The van der Waals surface area contributed by atoms with Gasteiger partial charge in [0.05, 0.1) is 11.4 Å². The van der Waals surface area contributed by atoms with Gasteiger partial charge in [-0.3, -0.25) is 4.90 Å². The summed E-state index contributed by atoms with van der Waals surface area (Å²) >= 11 is 0. The maximum Gasteiger partial charge on any atom is 0.164 e. The Labute approximate surface area is 236 Å². The van der Waals surface area contributed by atoms with E-state index < -0.39 is 0 Å². The molecule has 1 unspecified atom stereocenters. The Hall–Kier alpha value is -3.27. The number of benzene rings is 1. The van der Waals surface area contributed by atoms with Crippen molar-refractivity contribution in [3.63, 3.8) is 0 Å². The van der Waals surface area contributed by atoms with Gasteiger partial charge in [-0.1, -0.05) is 31.2 Å². The van der Waals surface area contributed by atoms with Gasteiger partial charge in [0.15, 0.2) is 5.65 Å². The molecule has 9 heteroatoms. The van der Waals surface area contributed by atoms with Crippen LogP contribution < -0.4 is 15.8 Å². The topological polar surface area (TPSA) is 97.4 Å². The van der Waals surface area contributed by atoms with Gasteiger partial charge in [0.2, 0.25) is 0 Å². The average Bonchev–Trinajstić information content (AvgIpc) is 3.34. The highest BCUT2D eigenvalue weighted by molar-refractivity contribution is 5.96. The number of fused-ring (bicyclic) bond motifs is 1. The lowest BCUT2D eigenvalue weighted by Crippen LogP contribution is -2.60. The number of nitrogens with zero attached hydrogens (tertiary/aromatic N) is 6. The second-order valence-electron chi connectivity index (χ2n) is 11.9. The molecule has 1 aromatic carbocycles. The standard InChI is InChI=1S/C31H40N8O/c1-21-17-26(40-25-5-3-2-4-6-25)7-8-27(21)29-28-30(32)34-20-35-31(28)39(36-29)23-11-15-37(16-12-23)22-9-13-38(14-10-22)24-18-33-19-24/h2-8,20-24,33H,9-19H2,1H3,(H2,32,34,35). The Kier molecular flexibility index (Phi) is 7.03. The maximum atomic E-state index is 6.46. The van der Waals surface area contributed by atoms with Gasteiger partial charge in [-0.2, -0.15) is 5.10 Å². The Morgan fingerprint density at radius 3 is 2.25 bits per heavy atom. The zero-order valence-electron chi connectivity index (χ0n) is 23.4. The van der Waals surface area contributed by atoms with Gasteiger partial charge in [-0.05, 0) is 55.4 Å². The summed E-state index contributed by atoms with van der Waals surface area (Å²) in [5.74, 6) is 2.55. The van der Waals surface area contributed by atoms with Crippen molar-refractivity contribution in [3.05, 3.63) is 60.3 Å². The van der Waals surface area contributed by atoms with Crippen LogP contribution in [0.1, 0.15) is 50.8 Å². The molecule has 3 aliphatic heterocycles. The van der Waals surface area contributed by atoms with E-state index in [1.165, 1.54) is 39.0 Å². The SMILES string of the molecule is CC1CC(Oc2ccccc2)=CC=C1c1nn(C2CCN(C3CCN(C4CNC4)CC3)CC2)c2ncnc(N)c12. The molecule has 0 radical (unpaired) electrons. The molecule has 0 spiro atoms. The van der Waals surface area contributed by atoms with Crippen LogP contribution in [0.4, 0.5) is 5.82 Å². The van der Waals surface area contributed by atoms with Crippen LogP contribution >= 0.6 is 0 Å². The van der Waals surface area contributed by atoms with Crippen molar-refractivity contribution in [3.8, 4) is 5.75 Å². The second-order valence-corrected chi connectivity index (χ2v) is 11.9. The highest BCUT2D eigenvalue weighted by Crippen LogP contribution is 2.39. The Morgan fingerprint density at radius 2 is 1.57 bits per heavy atom. The summed E-state index contributed by atoms with van der Waals surface area (Å²) in [6.07, 6.45) is 11.3. The number of aromatic nitrogens is 4. The molecule has 3 fully saturated rings. The molecule has 3 N–H and O–H groups in total. The molecule has 210 valence electrons. The summed E-state index contributed by atoms with van der Waals surface area (Å²) < 4.78 is 8.29. The lowest BCUT2D eigenvalue weighted by atomic mass is 9.89. The van der Waals surface area contributed by atoms with E-state index in [9.17, 15) is 0 Å². The summed E-state index contributed by atoms with van der Waals surface area (Å²) in [6.45, 7) is 9.25. The van der Waals surface area contributed by atoms with E-state index in [0.29, 0.717) is 17.9 Å². The summed E-state index contributed by atoms with van der Waals surface area (Å²) in [7, 11) is 0. The zero-order chi connectivity index (χ0) is 27.1. The molecule has 3 aromatic rings. The number of likely N-dealkylation sites (tertiary alicyclic amines) is 2. The number of nitrogens with two attached hydrogens (primary N) is 1. The fraction of sp³-hybridized carbons (Fsp3) is 0.516. The number of hydrogen-bond acceptors (Lipinski definition) is 8. The third-order valence-electron chi connectivity index (χ3n) is 9.41. The van der Waals surface area contributed by atoms with Crippen LogP contribution in [0.3, 0.4) is 0 Å². The molecule has 7 rings (SSSR count). The van der Waals surface area contributed by atoms with Crippen molar-refractivity contribution in [1.29, 1.82) is 0 Å². The first-order valence-corrected chi connectivity index (χ1v) is 15.0. The van der Waals surface area contributed by atoms with Crippen LogP contribution in [-0.4, -0.2) is 80.9 Å². The number of anilines is 1. The molecule has 40 heavy (non-hydrogen) atoms. The van der Waals surface area contributed by atoms with Crippen molar-refractivity contribution in [2.45, 2.75) is 57.2 Å².